The van der Waals surface area contributed by atoms with Crippen molar-refractivity contribution in [3.63, 3.8) is 0 Å². The predicted molar refractivity (Wildman–Crippen MR) is 306 cm³/mol. The Labute approximate surface area is 520 Å². The van der Waals surface area contributed by atoms with E-state index < -0.39 is 131 Å². The fourth-order valence-corrected chi connectivity index (χ4v) is 6.89. The summed E-state index contributed by atoms with van der Waals surface area (Å²) in [6.07, 6.45) is -1.25. The van der Waals surface area contributed by atoms with Crippen LogP contribution in [0.5, 0.6) is 0 Å². The number of hydrogen-bond donors (Lipinski definition) is 0. The molecule has 7 saturated heterocycles. The molecular weight excluding hydrogens is 1200 g/mol. The topological polar surface area (TPSA) is 377 Å². The number of rotatable bonds is 15. The van der Waals surface area contributed by atoms with E-state index in [2.05, 4.69) is 69.7 Å². The van der Waals surface area contributed by atoms with Crippen molar-refractivity contribution in [2.45, 2.75) is 150 Å². The van der Waals surface area contributed by atoms with Crippen molar-refractivity contribution < 1.29 is 138 Å². The van der Waals surface area contributed by atoms with E-state index >= 15 is 0 Å². The Balaban J connectivity index is 0.000000526. The minimum atomic E-state index is -0.968. The molecule has 7 aliphatic rings. The van der Waals surface area contributed by atoms with Crippen molar-refractivity contribution in [1.82, 2.24) is 0 Å². The number of ether oxygens (including phenoxy) is 15. The molecule has 8 atom stereocenters. The van der Waals surface area contributed by atoms with Gasteiger partial charge >= 0.3 is 83.6 Å². The molecule has 0 N–H and O–H groups in total. The van der Waals surface area contributed by atoms with Gasteiger partial charge in [-0.25, -0.2) is 57.5 Å². The molecule has 0 saturated carbocycles. The first kappa shape index (κ1) is 78.7. The summed E-state index contributed by atoms with van der Waals surface area (Å²) in [5, 5.41) is 0. The van der Waals surface area contributed by atoms with Gasteiger partial charge in [0.25, 0.3) is 0 Å². The van der Waals surface area contributed by atoms with Crippen molar-refractivity contribution in [1.29, 1.82) is 0 Å². The number of carbonyl (C=O) groups excluding carboxylic acids is 14. The zero-order chi connectivity index (χ0) is 69.0. The van der Waals surface area contributed by atoms with Gasteiger partial charge < -0.3 is 71.1 Å². The third-order valence-electron chi connectivity index (χ3n) is 12.2. The van der Waals surface area contributed by atoms with E-state index in [4.69, 9.17) is 47.4 Å². The summed E-state index contributed by atoms with van der Waals surface area (Å²) in [4.78, 5) is 153. The van der Waals surface area contributed by atoms with Crippen molar-refractivity contribution in [3.05, 3.63) is 86.1 Å². The SMILES string of the molecule is C=C(C)C(=O)OC1(C)CCOC(=O)C1.C=C(C)C(=O)OC1C(=O)OCC1(C)C.C=C(C)C(=O)OC1C(=O)OCC1OC.C=C(C)C(=O)OC1CCOC1=O.C=C(C)C(=O)OC1COC(=O)C1.C=CC(=O)OC1C(=O)OCC1(C)C.C=CC(=O)OC1CCOC1=O. The minimum Gasteiger partial charge on any atom is -0.465 e. The summed E-state index contributed by atoms with van der Waals surface area (Å²) in [6, 6.07) is 0. The second kappa shape index (κ2) is 36.9. The summed E-state index contributed by atoms with van der Waals surface area (Å²) in [7, 11) is 1.42. The van der Waals surface area contributed by atoms with Crippen LogP contribution in [0, 0.1) is 10.8 Å². The standard InChI is InChI=1S/2C10H14O4.C9H12O5.C9H12O4.2C8H10O4.C7H8O4/c1-6(2)8(11)14-7-9(12)13-5-10(7,3)4;1-7(2)9(12)14-10(3)4-5-13-8(11)6-10;1-5(2)8(10)14-7-6(12-3)4-13-9(7)11;1-4-6(10)13-7-8(11)12-5-9(7,2)3;1-5(2)8(10)12-6-3-7(9)11-4-6;1-5(2)7(9)12-6-3-4-11-8(6)10;1-2-6(8)11-5-3-4-10-7(5)9/h7H,1,5H2,2-4H3;1,4-6H2,2-3H3;6-7H,1,4H2,2-3H3;4,7H,1,5H2,2-3H3;2*6H,1,3-4H2,2H3;2,5H,1,3-4H2. The van der Waals surface area contributed by atoms with Crippen LogP contribution in [0.4, 0.5) is 0 Å². The lowest BCUT2D eigenvalue weighted by molar-refractivity contribution is -0.172. The maximum Gasteiger partial charge on any atom is 0.350 e. The molecule has 29 nitrogen and oxygen atoms in total. The summed E-state index contributed by atoms with van der Waals surface area (Å²) in [6.45, 7) is 42.1. The van der Waals surface area contributed by atoms with E-state index in [-0.39, 0.29) is 67.9 Å². The third kappa shape index (κ3) is 27.4. The molecule has 0 spiro atoms. The van der Waals surface area contributed by atoms with Crippen molar-refractivity contribution in [2.75, 3.05) is 53.4 Å². The molecule has 0 aliphatic carbocycles. The van der Waals surface area contributed by atoms with E-state index in [9.17, 15) is 67.1 Å². The van der Waals surface area contributed by atoms with Crippen LogP contribution < -0.4 is 0 Å². The van der Waals surface area contributed by atoms with Gasteiger partial charge in [-0.3, -0.25) is 9.59 Å². The van der Waals surface area contributed by atoms with Crippen LogP contribution in [0.3, 0.4) is 0 Å². The van der Waals surface area contributed by atoms with Gasteiger partial charge in [0, 0.05) is 77.2 Å². The van der Waals surface area contributed by atoms with E-state index in [1.807, 2.05) is 13.8 Å². The summed E-state index contributed by atoms with van der Waals surface area (Å²) in [5.41, 5.74) is -0.169. The minimum absolute atomic E-state index is 0.115. The highest BCUT2D eigenvalue weighted by Gasteiger charge is 2.48. The predicted octanol–water partition coefficient (Wildman–Crippen LogP) is 3.85. The Hall–Kier alpha value is -9.28. The van der Waals surface area contributed by atoms with Crippen molar-refractivity contribution in [3.8, 4) is 0 Å². The van der Waals surface area contributed by atoms with Crippen LogP contribution >= 0.6 is 0 Å². The third-order valence-corrected chi connectivity index (χ3v) is 12.2. The summed E-state index contributed by atoms with van der Waals surface area (Å²) >= 11 is 0. The molecule has 7 aliphatic heterocycles. The van der Waals surface area contributed by atoms with Crippen LogP contribution in [-0.4, -0.2) is 185 Å². The van der Waals surface area contributed by atoms with Gasteiger partial charge in [-0.1, -0.05) is 73.7 Å². The van der Waals surface area contributed by atoms with E-state index in [1.54, 1.807) is 34.6 Å². The first-order valence-corrected chi connectivity index (χ1v) is 27.4. The number of esters is 14. The number of carbonyl (C=O) groups is 14. The Morgan fingerprint density at radius 3 is 1.29 bits per heavy atom. The molecule has 0 amide bonds. The van der Waals surface area contributed by atoms with Crippen molar-refractivity contribution >= 4 is 83.6 Å². The van der Waals surface area contributed by atoms with Gasteiger partial charge in [0.1, 0.15) is 44.2 Å². The highest BCUT2D eigenvalue weighted by atomic mass is 16.7. The monoisotopic (exact) mass is 1280 g/mol. The zero-order valence-electron chi connectivity index (χ0n) is 52.5. The molecule has 0 radical (unpaired) electrons. The van der Waals surface area contributed by atoms with Gasteiger partial charge in [-0.2, -0.15) is 0 Å². The number of cyclic esters (lactones) is 7. The maximum atomic E-state index is 11.2. The van der Waals surface area contributed by atoms with E-state index in [1.165, 1.54) is 27.9 Å². The van der Waals surface area contributed by atoms with Gasteiger partial charge in [-0.15, -0.1) is 0 Å². The van der Waals surface area contributed by atoms with Gasteiger partial charge in [-0.05, 0) is 41.5 Å². The molecule has 0 aromatic heterocycles. The summed E-state index contributed by atoms with van der Waals surface area (Å²) in [5.74, 6) is -6.97. The van der Waals surface area contributed by atoms with Crippen molar-refractivity contribution in [2.24, 2.45) is 10.8 Å². The Morgan fingerprint density at radius 2 is 0.900 bits per heavy atom. The average Bonchev–Trinajstić information content (AvgIpc) is 1.71. The lowest BCUT2D eigenvalue weighted by atomic mass is 9.90. The van der Waals surface area contributed by atoms with E-state index in [0.717, 1.165) is 12.2 Å². The molecule has 29 heteroatoms. The fraction of sp³-hybridized carbons (Fsp3) is 0.541. The molecule has 0 aromatic rings. The van der Waals surface area contributed by atoms with Crippen LogP contribution in [0.25, 0.3) is 0 Å². The van der Waals surface area contributed by atoms with Crippen LogP contribution in [0.2, 0.25) is 0 Å². The first-order valence-electron chi connectivity index (χ1n) is 27.4. The number of methoxy groups -OCH3 is 1. The summed E-state index contributed by atoms with van der Waals surface area (Å²) < 4.78 is 71.9. The molecule has 0 aromatic carbocycles. The first-order chi connectivity index (χ1) is 41.7. The lowest BCUT2D eigenvalue weighted by Crippen LogP contribution is -2.40. The van der Waals surface area contributed by atoms with Gasteiger partial charge in [0.05, 0.1) is 32.7 Å². The average molecular weight is 1280 g/mol. The fourth-order valence-electron chi connectivity index (χ4n) is 6.89. The van der Waals surface area contributed by atoms with Crippen LogP contribution in [0.1, 0.15) is 101 Å². The largest absolute Gasteiger partial charge is 0.465 e. The van der Waals surface area contributed by atoms with Gasteiger partial charge in [0.2, 0.25) is 30.5 Å². The van der Waals surface area contributed by atoms with Gasteiger partial charge in [0.15, 0.2) is 0 Å². The number of hydrogen-bond acceptors (Lipinski definition) is 29. The van der Waals surface area contributed by atoms with E-state index in [0.29, 0.717) is 50.2 Å². The second-order valence-electron chi connectivity index (χ2n) is 22.0. The zero-order valence-corrected chi connectivity index (χ0v) is 52.5. The highest BCUT2D eigenvalue weighted by molar-refractivity contribution is 5.92. The quantitative estimate of drug-likeness (QED) is 0.128. The molecule has 8 unspecified atom stereocenters. The maximum absolute atomic E-state index is 11.2. The molecular formula is C61H80O29. The highest BCUT2D eigenvalue weighted by Crippen LogP contribution is 2.32. The molecule has 7 fully saturated rings. The Kier molecular flexibility index (Phi) is 32.3. The molecule has 90 heavy (non-hydrogen) atoms. The molecule has 7 rings (SSSR count). The Morgan fingerprint density at radius 1 is 0.467 bits per heavy atom. The van der Waals surface area contributed by atoms with Crippen LogP contribution in [-0.2, 0) is 138 Å². The lowest BCUT2D eigenvalue weighted by Gasteiger charge is -2.32. The second-order valence-corrected chi connectivity index (χ2v) is 22.0. The molecule has 0 bridgehead atoms. The molecule has 498 valence electrons. The smallest absolute Gasteiger partial charge is 0.350 e. The van der Waals surface area contributed by atoms with Crippen LogP contribution in [0.15, 0.2) is 86.1 Å². The normalized spacial score (nSPS) is 24.1. The molecule has 7 heterocycles. The Bertz CT molecular complexity index is 2800.